The molecule has 0 aliphatic heterocycles. The van der Waals surface area contributed by atoms with E-state index in [0.717, 1.165) is 34.3 Å². The molecule has 0 N–H and O–H groups in total. The van der Waals surface area contributed by atoms with E-state index in [4.69, 9.17) is 11.6 Å². The lowest BCUT2D eigenvalue weighted by Gasteiger charge is -2.06. The number of aromatic nitrogens is 1. The van der Waals surface area contributed by atoms with Gasteiger partial charge in [-0.3, -0.25) is 4.79 Å². The van der Waals surface area contributed by atoms with Crippen molar-refractivity contribution in [1.29, 1.82) is 0 Å². The SMILES string of the molecule is O=Cc1ccc2ccn(Cc3cccc(Cl)c3)c2c1. The summed E-state index contributed by atoms with van der Waals surface area (Å²) >= 11 is 6.00. The van der Waals surface area contributed by atoms with Crippen LogP contribution in [0.2, 0.25) is 5.02 Å². The van der Waals surface area contributed by atoms with Crippen LogP contribution in [0.5, 0.6) is 0 Å². The topological polar surface area (TPSA) is 22.0 Å². The standard InChI is InChI=1S/C16H12ClNO/c17-15-3-1-2-12(8-15)10-18-7-6-14-5-4-13(11-19)9-16(14)18/h1-9,11H,10H2. The maximum Gasteiger partial charge on any atom is 0.150 e. The Morgan fingerprint density at radius 3 is 2.79 bits per heavy atom. The Kier molecular flexibility index (Phi) is 3.10. The van der Waals surface area contributed by atoms with E-state index in [1.54, 1.807) is 0 Å². The second-order valence-corrected chi connectivity index (χ2v) is 4.95. The number of nitrogens with zero attached hydrogens (tertiary/aromatic N) is 1. The summed E-state index contributed by atoms with van der Waals surface area (Å²) in [5, 5.41) is 1.87. The van der Waals surface area contributed by atoms with Gasteiger partial charge in [-0.1, -0.05) is 35.9 Å². The van der Waals surface area contributed by atoms with Crippen LogP contribution in [0.15, 0.2) is 54.7 Å². The molecule has 3 aromatic rings. The Balaban J connectivity index is 2.03. The molecule has 19 heavy (non-hydrogen) atoms. The summed E-state index contributed by atoms with van der Waals surface area (Å²) in [6.45, 7) is 0.742. The fourth-order valence-electron chi connectivity index (χ4n) is 2.24. The van der Waals surface area contributed by atoms with E-state index in [-0.39, 0.29) is 0 Å². The van der Waals surface area contributed by atoms with E-state index >= 15 is 0 Å². The van der Waals surface area contributed by atoms with Gasteiger partial charge in [-0.2, -0.15) is 0 Å². The molecule has 1 aromatic heterocycles. The first-order valence-corrected chi connectivity index (χ1v) is 6.42. The third kappa shape index (κ3) is 2.40. The molecule has 2 aromatic carbocycles. The molecule has 0 aliphatic carbocycles. The third-order valence-corrected chi connectivity index (χ3v) is 3.41. The Morgan fingerprint density at radius 2 is 2.00 bits per heavy atom. The first-order valence-electron chi connectivity index (χ1n) is 6.05. The molecule has 0 saturated heterocycles. The first kappa shape index (κ1) is 12.0. The predicted octanol–water partition coefficient (Wildman–Crippen LogP) is 4.16. The van der Waals surface area contributed by atoms with Gasteiger partial charge in [-0.05, 0) is 35.2 Å². The van der Waals surface area contributed by atoms with E-state index in [9.17, 15) is 4.79 Å². The van der Waals surface area contributed by atoms with Gasteiger partial charge in [0.05, 0.1) is 0 Å². The number of rotatable bonds is 3. The minimum atomic E-state index is 0.693. The van der Waals surface area contributed by atoms with Crippen molar-refractivity contribution in [3.63, 3.8) is 0 Å². The monoisotopic (exact) mass is 269 g/mol. The third-order valence-electron chi connectivity index (χ3n) is 3.18. The van der Waals surface area contributed by atoms with Gasteiger partial charge in [0.2, 0.25) is 0 Å². The molecule has 0 radical (unpaired) electrons. The molecule has 3 heteroatoms. The van der Waals surface area contributed by atoms with Crippen LogP contribution < -0.4 is 0 Å². The van der Waals surface area contributed by atoms with Crippen LogP contribution >= 0.6 is 11.6 Å². The van der Waals surface area contributed by atoms with Gasteiger partial charge in [0, 0.05) is 28.8 Å². The van der Waals surface area contributed by atoms with Crippen molar-refractivity contribution in [2.45, 2.75) is 6.54 Å². The van der Waals surface area contributed by atoms with Gasteiger partial charge in [0.15, 0.2) is 0 Å². The summed E-state index contributed by atoms with van der Waals surface area (Å²) in [4.78, 5) is 10.9. The van der Waals surface area contributed by atoms with Crippen LogP contribution in [0.3, 0.4) is 0 Å². The highest BCUT2D eigenvalue weighted by molar-refractivity contribution is 6.30. The maximum absolute atomic E-state index is 10.9. The minimum Gasteiger partial charge on any atom is -0.343 e. The first-order chi connectivity index (χ1) is 9.26. The van der Waals surface area contributed by atoms with Crippen LogP contribution in [-0.4, -0.2) is 10.9 Å². The molecule has 0 aliphatic rings. The molecular weight excluding hydrogens is 258 g/mol. The van der Waals surface area contributed by atoms with Crippen molar-refractivity contribution in [3.8, 4) is 0 Å². The van der Waals surface area contributed by atoms with Gasteiger partial charge < -0.3 is 4.57 Å². The molecule has 94 valence electrons. The Morgan fingerprint density at radius 1 is 1.11 bits per heavy atom. The second kappa shape index (κ2) is 4.90. The fraction of sp³-hybridized carbons (Fsp3) is 0.0625. The van der Waals surface area contributed by atoms with Crippen molar-refractivity contribution < 1.29 is 4.79 Å². The van der Waals surface area contributed by atoms with E-state index in [1.165, 1.54) is 0 Å². The number of fused-ring (bicyclic) bond motifs is 1. The zero-order chi connectivity index (χ0) is 13.2. The lowest BCUT2D eigenvalue weighted by atomic mass is 10.2. The molecule has 0 spiro atoms. The number of halogens is 1. The van der Waals surface area contributed by atoms with Crippen LogP contribution in [0.4, 0.5) is 0 Å². The summed E-state index contributed by atoms with van der Waals surface area (Å²) in [5.41, 5.74) is 2.89. The molecule has 2 nitrogen and oxygen atoms in total. The molecule has 0 bridgehead atoms. The minimum absolute atomic E-state index is 0.693. The fourth-order valence-corrected chi connectivity index (χ4v) is 2.46. The van der Waals surface area contributed by atoms with Gasteiger partial charge in [0.25, 0.3) is 0 Å². The highest BCUT2D eigenvalue weighted by atomic mass is 35.5. The van der Waals surface area contributed by atoms with Gasteiger partial charge >= 0.3 is 0 Å². The molecule has 0 atom stereocenters. The lowest BCUT2D eigenvalue weighted by Crippen LogP contribution is -1.98. The van der Waals surface area contributed by atoms with Crippen molar-refractivity contribution in [2.24, 2.45) is 0 Å². The number of carbonyl (C=O) groups is 1. The number of hydrogen-bond donors (Lipinski definition) is 0. The molecule has 3 rings (SSSR count). The Hall–Kier alpha value is -2.06. The summed E-state index contributed by atoms with van der Waals surface area (Å²) in [6.07, 6.45) is 2.90. The predicted molar refractivity (Wildman–Crippen MR) is 77.9 cm³/mol. The summed E-state index contributed by atoms with van der Waals surface area (Å²) in [5.74, 6) is 0. The van der Waals surface area contributed by atoms with Crippen LogP contribution in [0, 0.1) is 0 Å². The number of hydrogen-bond acceptors (Lipinski definition) is 1. The summed E-state index contributed by atoms with van der Waals surface area (Å²) < 4.78 is 2.12. The number of aldehydes is 1. The molecular formula is C16H12ClNO. The molecule has 0 unspecified atom stereocenters. The van der Waals surface area contributed by atoms with Gasteiger partial charge in [-0.15, -0.1) is 0 Å². The smallest absolute Gasteiger partial charge is 0.150 e. The van der Waals surface area contributed by atoms with E-state index < -0.39 is 0 Å². The van der Waals surface area contributed by atoms with E-state index in [2.05, 4.69) is 10.6 Å². The average molecular weight is 270 g/mol. The molecule has 1 heterocycles. The average Bonchev–Trinajstić information content (AvgIpc) is 2.81. The van der Waals surface area contributed by atoms with Crippen LogP contribution in [0.25, 0.3) is 10.9 Å². The maximum atomic E-state index is 10.9. The zero-order valence-electron chi connectivity index (χ0n) is 10.2. The Labute approximate surface area is 116 Å². The van der Waals surface area contributed by atoms with Crippen molar-refractivity contribution in [3.05, 3.63) is 70.9 Å². The van der Waals surface area contributed by atoms with Crippen molar-refractivity contribution in [2.75, 3.05) is 0 Å². The Bertz CT molecular complexity index is 745. The normalized spacial score (nSPS) is 10.8. The highest BCUT2D eigenvalue weighted by Gasteiger charge is 2.03. The second-order valence-electron chi connectivity index (χ2n) is 4.51. The largest absolute Gasteiger partial charge is 0.343 e. The molecule has 0 fully saturated rings. The number of carbonyl (C=O) groups excluding carboxylic acids is 1. The van der Waals surface area contributed by atoms with Gasteiger partial charge in [-0.25, -0.2) is 0 Å². The number of benzene rings is 2. The van der Waals surface area contributed by atoms with E-state index in [0.29, 0.717) is 5.56 Å². The lowest BCUT2D eigenvalue weighted by molar-refractivity contribution is 0.112. The van der Waals surface area contributed by atoms with Crippen molar-refractivity contribution >= 4 is 28.8 Å². The van der Waals surface area contributed by atoms with Crippen LogP contribution in [0.1, 0.15) is 15.9 Å². The zero-order valence-corrected chi connectivity index (χ0v) is 11.0. The van der Waals surface area contributed by atoms with Gasteiger partial charge in [0.1, 0.15) is 6.29 Å². The quantitative estimate of drug-likeness (QED) is 0.655. The summed E-state index contributed by atoms with van der Waals surface area (Å²) in [6, 6.07) is 15.6. The summed E-state index contributed by atoms with van der Waals surface area (Å²) in [7, 11) is 0. The highest BCUT2D eigenvalue weighted by Crippen LogP contribution is 2.19. The van der Waals surface area contributed by atoms with Crippen molar-refractivity contribution in [1.82, 2.24) is 4.57 Å². The van der Waals surface area contributed by atoms with E-state index in [1.807, 2.05) is 48.7 Å². The molecule has 0 amide bonds. The van der Waals surface area contributed by atoms with Crippen LogP contribution in [-0.2, 0) is 6.54 Å². The molecule has 0 saturated carbocycles.